The SMILES string of the molecule is CNc1cc(-n2nc(C)cc2Nc2cc(NC(=O)c3cc(CNC(C)(C)C)cc(C(F)(F)F)c3)ccc2C)ncn1. The lowest BCUT2D eigenvalue weighted by molar-refractivity contribution is -0.137. The topological polar surface area (TPSA) is 109 Å². The number of rotatable bonds is 8. The van der Waals surface area contributed by atoms with Crippen LogP contribution in [-0.2, 0) is 12.7 Å². The molecule has 4 aromatic rings. The fourth-order valence-electron chi connectivity index (χ4n) is 3.99. The maximum absolute atomic E-state index is 13.6. The van der Waals surface area contributed by atoms with Gasteiger partial charge in [0.2, 0.25) is 0 Å². The second kappa shape index (κ2) is 11.6. The van der Waals surface area contributed by atoms with Gasteiger partial charge in [0.05, 0.1) is 11.3 Å². The number of benzene rings is 2. The third-order valence-corrected chi connectivity index (χ3v) is 6.12. The fraction of sp³-hybridized carbons (Fsp3) is 0.310. The predicted molar refractivity (Wildman–Crippen MR) is 154 cm³/mol. The van der Waals surface area contributed by atoms with Crippen LogP contribution in [0.4, 0.5) is 36.2 Å². The van der Waals surface area contributed by atoms with Gasteiger partial charge in [-0.3, -0.25) is 4.79 Å². The Kier molecular flexibility index (Phi) is 8.34. The van der Waals surface area contributed by atoms with E-state index in [0.29, 0.717) is 34.4 Å². The highest BCUT2D eigenvalue weighted by Gasteiger charge is 2.32. The quantitative estimate of drug-likeness (QED) is 0.200. The highest BCUT2D eigenvalue weighted by atomic mass is 19.4. The number of anilines is 4. The third-order valence-electron chi connectivity index (χ3n) is 6.12. The molecule has 1 amide bonds. The van der Waals surface area contributed by atoms with Gasteiger partial charge in [-0.2, -0.15) is 23.0 Å². The lowest BCUT2D eigenvalue weighted by Gasteiger charge is -2.21. The minimum atomic E-state index is -4.59. The number of carbonyl (C=O) groups excluding carboxylic acids is 1. The Morgan fingerprint density at radius 3 is 2.41 bits per heavy atom. The van der Waals surface area contributed by atoms with Gasteiger partial charge in [0.1, 0.15) is 18.0 Å². The number of aromatic nitrogens is 4. The monoisotopic (exact) mass is 566 g/mol. The van der Waals surface area contributed by atoms with Crippen LogP contribution >= 0.6 is 0 Å². The summed E-state index contributed by atoms with van der Waals surface area (Å²) in [5.74, 6) is 1.15. The molecule has 0 bridgehead atoms. The number of hydrogen-bond donors (Lipinski definition) is 4. The lowest BCUT2D eigenvalue weighted by Crippen LogP contribution is -2.35. The summed E-state index contributed by atoms with van der Waals surface area (Å²) in [7, 11) is 1.76. The van der Waals surface area contributed by atoms with Crippen molar-refractivity contribution in [1.82, 2.24) is 25.1 Å². The molecule has 41 heavy (non-hydrogen) atoms. The highest BCUT2D eigenvalue weighted by Crippen LogP contribution is 2.32. The van der Waals surface area contributed by atoms with Crippen molar-refractivity contribution in [2.24, 2.45) is 0 Å². The first kappa shape index (κ1) is 29.5. The molecule has 216 valence electrons. The molecule has 2 heterocycles. The first-order chi connectivity index (χ1) is 19.2. The van der Waals surface area contributed by atoms with Gasteiger partial charge in [-0.15, -0.1) is 0 Å². The van der Waals surface area contributed by atoms with E-state index in [1.807, 2.05) is 40.7 Å². The van der Waals surface area contributed by atoms with Crippen LogP contribution in [0.15, 0.2) is 54.9 Å². The molecule has 0 radical (unpaired) electrons. The van der Waals surface area contributed by atoms with E-state index in [4.69, 9.17) is 0 Å². The molecule has 0 aliphatic carbocycles. The first-order valence-corrected chi connectivity index (χ1v) is 12.9. The smallest absolute Gasteiger partial charge is 0.373 e. The maximum Gasteiger partial charge on any atom is 0.416 e. The van der Waals surface area contributed by atoms with Crippen molar-refractivity contribution in [1.29, 1.82) is 0 Å². The zero-order valence-corrected chi connectivity index (χ0v) is 23.7. The lowest BCUT2D eigenvalue weighted by atomic mass is 10.0. The Morgan fingerprint density at radius 2 is 1.73 bits per heavy atom. The molecule has 0 spiro atoms. The molecular weight excluding hydrogens is 533 g/mol. The molecule has 0 aliphatic rings. The van der Waals surface area contributed by atoms with Crippen molar-refractivity contribution >= 4 is 28.9 Å². The van der Waals surface area contributed by atoms with Crippen LogP contribution in [-0.4, -0.2) is 38.2 Å². The van der Waals surface area contributed by atoms with E-state index in [2.05, 4.69) is 36.3 Å². The number of nitrogens with zero attached hydrogens (tertiary/aromatic N) is 4. The zero-order chi connectivity index (χ0) is 29.9. The number of hydrogen-bond acceptors (Lipinski definition) is 7. The number of carbonyl (C=O) groups is 1. The van der Waals surface area contributed by atoms with Crippen molar-refractivity contribution in [3.63, 3.8) is 0 Å². The number of halogens is 3. The second-order valence-electron chi connectivity index (χ2n) is 10.7. The van der Waals surface area contributed by atoms with Gasteiger partial charge in [-0.05, 0) is 76.1 Å². The van der Waals surface area contributed by atoms with E-state index < -0.39 is 17.6 Å². The van der Waals surface area contributed by atoms with E-state index in [-0.39, 0.29) is 17.6 Å². The average Bonchev–Trinajstić information content (AvgIpc) is 3.28. The average molecular weight is 567 g/mol. The molecule has 9 nitrogen and oxygen atoms in total. The van der Waals surface area contributed by atoms with Gasteiger partial charge in [-0.25, -0.2) is 9.97 Å². The van der Waals surface area contributed by atoms with Crippen molar-refractivity contribution in [2.45, 2.75) is 52.9 Å². The van der Waals surface area contributed by atoms with Gasteiger partial charge in [0.25, 0.3) is 5.91 Å². The summed E-state index contributed by atoms with van der Waals surface area (Å²) < 4.78 is 42.5. The van der Waals surface area contributed by atoms with Crippen LogP contribution in [0.25, 0.3) is 5.82 Å². The van der Waals surface area contributed by atoms with Crippen LogP contribution in [0.5, 0.6) is 0 Å². The molecule has 2 aromatic carbocycles. The van der Waals surface area contributed by atoms with Crippen LogP contribution in [0.2, 0.25) is 0 Å². The van der Waals surface area contributed by atoms with E-state index >= 15 is 0 Å². The molecule has 0 fully saturated rings. The Morgan fingerprint density at radius 1 is 0.976 bits per heavy atom. The number of alkyl halides is 3. The fourth-order valence-corrected chi connectivity index (χ4v) is 3.99. The Hall–Kier alpha value is -4.45. The van der Waals surface area contributed by atoms with Crippen molar-refractivity contribution in [3.05, 3.63) is 82.8 Å². The first-order valence-electron chi connectivity index (χ1n) is 12.9. The van der Waals surface area contributed by atoms with Crippen LogP contribution in [0.3, 0.4) is 0 Å². The van der Waals surface area contributed by atoms with Crippen molar-refractivity contribution < 1.29 is 18.0 Å². The summed E-state index contributed by atoms with van der Waals surface area (Å²) >= 11 is 0. The largest absolute Gasteiger partial charge is 0.416 e. The molecule has 4 N–H and O–H groups in total. The minimum Gasteiger partial charge on any atom is -0.373 e. The van der Waals surface area contributed by atoms with Gasteiger partial charge in [-0.1, -0.05) is 6.07 Å². The normalized spacial score (nSPS) is 11.8. The van der Waals surface area contributed by atoms with E-state index in [0.717, 1.165) is 23.4 Å². The van der Waals surface area contributed by atoms with Crippen LogP contribution in [0, 0.1) is 13.8 Å². The molecule has 0 unspecified atom stereocenters. The predicted octanol–water partition coefficient (Wildman–Crippen LogP) is 6.22. The number of amides is 1. The van der Waals surface area contributed by atoms with E-state index in [1.165, 1.54) is 12.4 Å². The summed E-state index contributed by atoms with van der Waals surface area (Å²) in [4.78, 5) is 21.6. The van der Waals surface area contributed by atoms with Crippen LogP contribution < -0.4 is 21.3 Å². The van der Waals surface area contributed by atoms with Crippen molar-refractivity contribution in [2.75, 3.05) is 23.0 Å². The molecular formula is C29H33F3N8O. The molecule has 12 heteroatoms. The third kappa shape index (κ3) is 7.60. The van der Waals surface area contributed by atoms with Crippen LogP contribution in [0.1, 0.15) is 53.5 Å². The molecule has 2 aromatic heterocycles. The summed E-state index contributed by atoms with van der Waals surface area (Å²) in [6.45, 7) is 9.68. The Bertz CT molecular complexity index is 1560. The molecule has 0 saturated carbocycles. The summed E-state index contributed by atoms with van der Waals surface area (Å²) in [6, 6.07) is 12.2. The van der Waals surface area contributed by atoms with Gasteiger partial charge < -0.3 is 21.3 Å². The van der Waals surface area contributed by atoms with E-state index in [9.17, 15) is 18.0 Å². The molecule has 0 saturated heterocycles. The number of nitrogens with one attached hydrogen (secondary N) is 4. The van der Waals surface area contributed by atoms with Crippen molar-refractivity contribution in [3.8, 4) is 5.82 Å². The molecule has 0 aliphatic heterocycles. The summed E-state index contributed by atoms with van der Waals surface area (Å²) in [6.07, 6.45) is -3.16. The second-order valence-corrected chi connectivity index (χ2v) is 10.7. The van der Waals surface area contributed by atoms with Gasteiger partial charge in [0, 0.05) is 48.2 Å². The summed E-state index contributed by atoms with van der Waals surface area (Å²) in [5, 5.41) is 16.7. The Labute approximate surface area is 236 Å². The number of aryl methyl sites for hydroxylation is 2. The van der Waals surface area contributed by atoms with Gasteiger partial charge in [0.15, 0.2) is 5.82 Å². The summed E-state index contributed by atoms with van der Waals surface area (Å²) in [5.41, 5.74) is 1.81. The molecule has 0 atom stereocenters. The maximum atomic E-state index is 13.6. The zero-order valence-electron chi connectivity index (χ0n) is 23.7. The minimum absolute atomic E-state index is 0.0848. The highest BCUT2D eigenvalue weighted by molar-refractivity contribution is 6.04. The molecule has 4 rings (SSSR count). The van der Waals surface area contributed by atoms with Gasteiger partial charge >= 0.3 is 6.18 Å². The van der Waals surface area contributed by atoms with E-state index in [1.54, 1.807) is 36.0 Å². The standard InChI is InChI=1S/C29H33F3N8O/c1-17-7-8-22(13-23(17)38-26-9-18(2)39-40(26)25-14-24(33-6)34-16-35-25)37-27(41)20-10-19(15-36-28(3,4)5)11-21(12-20)29(30,31)32/h7-14,16,36,38H,15H2,1-6H3,(H,37,41)(H,33,34,35). The Balaban J connectivity index is 1.60.